The molecule has 0 radical (unpaired) electrons. The Morgan fingerprint density at radius 2 is 1.69 bits per heavy atom. The average Bonchev–Trinajstić information content (AvgIpc) is 3.23. The number of aryl methyl sites for hydroxylation is 1. The lowest BCUT2D eigenvalue weighted by Crippen LogP contribution is -2.29. The Morgan fingerprint density at radius 3 is 2.42 bits per heavy atom. The SMILES string of the molecule is Cc1ccccc1N1C(=O)c2ccc(C(=O)OC3CCCC3)cc2C1=O. The van der Waals surface area contributed by atoms with E-state index in [-0.39, 0.29) is 17.6 Å². The first-order chi connectivity index (χ1) is 12.6. The van der Waals surface area contributed by atoms with Crippen LogP contribution in [-0.2, 0) is 4.74 Å². The van der Waals surface area contributed by atoms with Crippen molar-refractivity contribution in [2.45, 2.75) is 38.7 Å². The summed E-state index contributed by atoms with van der Waals surface area (Å²) in [7, 11) is 0. The Morgan fingerprint density at radius 1 is 1.00 bits per heavy atom. The van der Waals surface area contributed by atoms with Gasteiger partial charge in [-0.15, -0.1) is 0 Å². The van der Waals surface area contributed by atoms with E-state index in [0.29, 0.717) is 16.8 Å². The second-order valence-corrected chi connectivity index (χ2v) is 6.80. The minimum absolute atomic E-state index is 0.0449. The van der Waals surface area contributed by atoms with Gasteiger partial charge in [-0.1, -0.05) is 18.2 Å². The van der Waals surface area contributed by atoms with Crippen molar-refractivity contribution < 1.29 is 19.1 Å². The second kappa shape index (κ2) is 6.41. The zero-order valence-electron chi connectivity index (χ0n) is 14.5. The van der Waals surface area contributed by atoms with Gasteiger partial charge in [0.2, 0.25) is 0 Å². The van der Waals surface area contributed by atoms with E-state index in [1.54, 1.807) is 24.3 Å². The molecule has 5 heteroatoms. The van der Waals surface area contributed by atoms with Crippen LogP contribution >= 0.6 is 0 Å². The lowest BCUT2D eigenvalue weighted by Gasteiger charge is -2.16. The van der Waals surface area contributed by atoms with Gasteiger partial charge in [0.1, 0.15) is 6.10 Å². The molecule has 0 atom stereocenters. The molecule has 132 valence electrons. The number of rotatable bonds is 3. The summed E-state index contributed by atoms with van der Waals surface area (Å²) in [5.74, 6) is -1.21. The average molecular weight is 349 g/mol. The number of carbonyl (C=O) groups excluding carboxylic acids is 3. The molecule has 2 aromatic carbocycles. The van der Waals surface area contributed by atoms with Gasteiger partial charge < -0.3 is 4.74 Å². The van der Waals surface area contributed by atoms with Gasteiger partial charge in [0.25, 0.3) is 11.8 Å². The van der Waals surface area contributed by atoms with Gasteiger partial charge in [0.15, 0.2) is 0 Å². The fourth-order valence-corrected chi connectivity index (χ4v) is 3.63. The van der Waals surface area contributed by atoms with Crippen LogP contribution in [0.3, 0.4) is 0 Å². The van der Waals surface area contributed by atoms with E-state index >= 15 is 0 Å². The minimum Gasteiger partial charge on any atom is -0.459 e. The Kier molecular flexibility index (Phi) is 4.07. The smallest absolute Gasteiger partial charge is 0.338 e. The van der Waals surface area contributed by atoms with Crippen molar-refractivity contribution in [1.29, 1.82) is 0 Å². The van der Waals surface area contributed by atoms with Crippen LogP contribution in [-0.4, -0.2) is 23.9 Å². The fraction of sp³-hybridized carbons (Fsp3) is 0.286. The van der Waals surface area contributed by atoms with Gasteiger partial charge in [0, 0.05) is 0 Å². The summed E-state index contributed by atoms with van der Waals surface area (Å²) in [6.45, 7) is 1.85. The van der Waals surface area contributed by atoms with E-state index in [0.717, 1.165) is 31.2 Å². The third-order valence-corrected chi connectivity index (χ3v) is 5.05. The molecule has 1 aliphatic heterocycles. The Balaban J connectivity index is 1.64. The van der Waals surface area contributed by atoms with Gasteiger partial charge in [-0.25, -0.2) is 9.69 Å². The number of hydrogen-bond acceptors (Lipinski definition) is 4. The maximum atomic E-state index is 12.8. The van der Waals surface area contributed by atoms with Gasteiger partial charge in [0.05, 0.1) is 22.4 Å². The quantitative estimate of drug-likeness (QED) is 0.623. The second-order valence-electron chi connectivity index (χ2n) is 6.80. The first-order valence-electron chi connectivity index (χ1n) is 8.85. The number of imide groups is 1. The van der Waals surface area contributed by atoms with Crippen molar-refractivity contribution in [3.63, 3.8) is 0 Å². The number of amides is 2. The molecule has 2 amide bonds. The van der Waals surface area contributed by atoms with Crippen molar-refractivity contribution >= 4 is 23.5 Å². The number of carbonyl (C=O) groups is 3. The number of hydrogen-bond donors (Lipinski definition) is 0. The van der Waals surface area contributed by atoms with Crippen molar-refractivity contribution in [2.24, 2.45) is 0 Å². The number of benzene rings is 2. The van der Waals surface area contributed by atoms with E-state index in [1.807, 2.05) is 19.1 Å². The third kappa shape index (κ3) is 2.69. The summed E-state index contributed by atoms with van der Waals surface area (Å²) in [5, 5.41) is 0. The van der Waals surface area contributed by atoms with Crippen molar-refractivity contribution in [1.82, 2.24) is 0 Å². The van der Waals surface area contributed by atoms with Crippen LogP contribution in [0.2, 0.25) is 0 Å². The van der Waals surface area contributed by atoms with Crippen LogP contribution in [0.25, 0.3) is 0 Å². The number of fused-ring (bicyclic) bond motifs is 1. The van der Waals surface area contributed by atoms with Crippen molar-refractivity contribution in [2.75, 3.05) is 4.90 Å². The summed E-state index contributed by atoms with van der Waals surface area (Å²) in [6, 6.07) is 11.8. The van der Waals surface area contributed by atoms with Crippen LogP contribution in [0, 0.1) is 6.92 Å². The molecule has 26 heavy (non-hydrogen) atoms. The molecule has 1 saturated carbocycles. The standard InChI is InChI=1S/C21H19NO4/c1-13-6-2-5-9-18(13)22-19(23)16-11-10-14(12-17(16)20(22)24)21(25)26-15-7-3-4-8-15/h2,5-6,9-12,15H,3-4,7-8H2,1H3. The zero-order valence-corrected chi connectivity index (χ0v) is 14.5. The van der Waals surface area contributed by atoms with E-state index in [2.05, 4.69) is 0 Å². The number of anilines is 1. The number of nitrogens with zero attached hydrogens (tertiary/aromatic N) is 1. The van der Waals surface area contributed by atoms with Crippen molar-refractivity contribution in [3.05, 3.63) is 64.7 Å². The highest BCUT2D eigenvalue weighted by Gasteiger charge is 2.38. The molecule has 1 fully saturated rings. The maximum Gasteiger partial charge on any atom is 0.338 e. The molecule has 0 unspecified atom stereocenters. The highest BCUT2D eigenvalue weighted by atomic mass is 16.5. The van der Waals surface area contributed by atoms with E-state index in [1.165, 1.54) is 11.0 Å². The Hall–Kier alpha value is -2.95. The van der Waals surface area contributed by atoms with Crippen LogP contribution < -0.4 is 4.90 Å². The molecule has 5 nitrogen and oxygen atoms in total. The van der Waals surface area contributed by atoms with Crippen LogP contribution in [0.15, 0.2) is 42.5 Å². The van der Waals surface area contributed by atoms with E-state index in [9.17, 15) is 14.4 Å². The predicted molar refractivity (Wildman–Crippen MR) is 96.4 cm³/mol. The molecule has 2 aromatic rings. The Labute approximate surface area is 151 Å². The topological polar surface area (TPSA) is 63.7 Å². The molecule has 0 aromatic heterocycles. The summed E-state index contributed by atoms with van der Waals surface area (Å²) < 4.78 is 5.50. The van der Waals surface area contributed by atoms with Gasteiger partial charge >= 0.3 is 5.97 Å². The third-order valence-electron chi connectivity index (χ3n) is 5.05. The first-order valence-corrected chi connectivity index (χ1v) is 8.85. The maximum absolute atomic E-state index is 12.8. The molecule has 0 saturated heterocycles. The molecular formula is C21H19NO4. The molecule has 0 bridgehead atoms. The lowest BCUT2D eigenvalue weighted by molar-refractivity contribution is 0.0317. The van der Waals surface area contributed by atoms with Crippen LogP contribution in [0.4, 0.5) is 5.69 Å². The van der Waals surface area contributed by atoms with E-state index in [4.69, 9.17) is 4.74 Å². The molecule has 0 spiro atoms. The normalized spacial score (nSPS) is 16.9. The largest absolute Gasteiger partial charge is 0.459 e. The van der Waals surface area contributed by atoms with E-state index < -0.39 is 11.9 Å². The molecule has 2 aliphatic rings. The van der Waals surface area contributed by atoms with Gasteiger partial charge in [-0.05, 0) is 62.4 Å². The predicted octanol–water partition coefficient (Wildman–Crippen LogP) is 3.90. The summed E-state index contributed by atoms with van der Waals surface area (Å²) in [4.78, 5) is 39.1. The van der Waals surface area contributed by atoms with Crippen LogP contribution in [0.1, 0.15) is 62.3 Å². The molecule has 0 N–H and O–H groups in total. The molecule has 1 heterocycles. The Bertz CT molecular complexity index is 912. The van der Waals surface area contributed by atoms with Gasteiger partial charge in [-0.2, -0.15) is 0 Å². The highest BCUT2D eigenvalue weighted by Crippen LogP contribution is 2.31. The van der Waals surface area contributed by atoms with Crippen molar-refractivity contribution in [3.8, 4) is 0 Å². The van der Waals surface area contributed by atoms with Gasteiger partial charge in [-0.3, -0.25) is 9.59 Å². The summed E-state index contributed by atoms with van der Waals surface area (Å²) in [5.41, 5.74) is 2.27. The monoisotopic (exact) mass is 349 g/mol. The number of esters is 1. The number of para-hydroxylation sites is 1. The zero-order chi connectivity index (χ0) is 18.3. The summed E-state index contributed by atoms with van der Waals surface area (Å²) >= 11 is 0. The fourth-order valence-electron chi connectivity index (χ4n) is 3.63. The molecule has 4 rings (SSSR count). The first kappa shape index (κ1) is 16.5. The van der Waals surface area contributed by atoms with Crippen LogP contribution in [0.5, 0.6) is 0 Å². The highest BCUT2D eigenvalue weighted by molar-refractivity contribution is 6.34. The number of ether oxygens (including phenoxy) is 1. The summed E-state index contributed by atoms with van der Waals surface area (Å²) in [6.07, 6.45) is 3.86. The molecule has 1 aliphatic carbocycles. The molecular weight excluding hydrogens is 330 g/mol. The minimum atomic E-state index is -0.436. The lowest BCUT2D eigenvalue weighted by atomic mass is 10.1.